The first-order valence-electron chi connectivity index (χ1n) is 7.77. The molecule has 2 N–H and O–H groups in total. The molecule has 0 spiro atoms. The molecule has 0 aliphatic rings. The Morgan fingerprint density at radius 2 is 1.83 bits per heavy atom. The Morgan fingerprint density at radius 1 is 1.12 bits per heavy atom. The van der Waals surface area contributed by atoms with Crippen LogP contribution in [0.3, 0.4) is 0 Å². The quantitative estimate of drug-likeness (QED) is 0.691. The third-order valence-electron chi connectivity index (χ3n) is 3.76. The minimum absolute atomic E-state index is 0.0927. The van der Waals surface area contributed by atoms with Gasteiger partial charge in [0.15, 0.2) is 0 Å². The van der Waals surface area contributed by atoms with Gasteiger partial charge in [0, 0.05) is 11.9 Å². The summed E-state index contributed by atoms with van der Waals surface area (Å²) >= 11 is 6.21. The molecule has 0 aliphatic carbocycles. The van der Waals surface area contributed by atoms with E-state index in [1.54, 1.807) is 6.92 Å². The molecule has 1 unspecified atom stereocenters. The van der Waals surface area contributed by atoms with Gasteiger partial charge in [-0.2, -0.15) is 0 Å². The third-order valence-corrected chi connectivity index (χ3v) is 4.05. The van der Waals surface area contributed by atoms with Crippen molar-refractivity contribution in [2.24, 2.45) is 0 Å². The van der Waals surface area contributed by atoms with Crippen molar-refractivity contribution in [3.63, 3.8) is 0 Å². The van der Waals surface area contributed by atoms with Crippen LogP contribution in [0.25, 0.3) is 10.8 Å². The summed E-state index contributed by atoms with van der Waals surface area (Å²) < 4.78 is 0. The van der Waals surface area contributed by atoms with Crippen molar-refractivity contribution in [1.82, 2.24) is 10.3 Å². The third kappa shape index (κ3) is 3.84. The van der Waals surface area contributed by atoms with Crippen LogP contribution in [0.15, 0.2) is 60.7 Å². The van der Waals surface area contributed by atoms with Crippen molar-refractivity contribution in [3.8, 4) is 0 Å². The summed E-state index contributed by atoms with van der Waals surface area (Å²) in [6, 6.07) is 19.0. The molecule has 3 aromatic rings. The minimum atomic E-state index is -0.418. The van der Waals surface area contributed by atoms with Crippen LogP contribution in [0.4, 0.5) is 5.82 Å². The first-order chi connectivity index (χ1) is 11.6. The van der Waals surface area contributed by atoms with Crippen LogP contribution < -0.4 is 10.6 Å². The lowest BCUT2D eigenvalue weighted by molar-refractivity contribution is -0.121. The summed E-state index contributed by atoms with van der Waals surface area (Å²) in [6.45, 7) is 2.29. The van der Waals surface area contributed by atoms with Crippen molar-refractivity contribution in [1.29, 1.82) is 0 Å². The molecule has 122 valence electrons. The van der Waals surface area contributed by atoms with Crippen molar-refractivity contribution >= 4 is 34.1 Å². The van der Waals surface area contributed by atoms with Crippen LogP contribution in [-0.4, -0.2) is 16.9 Å². The van der Waals surface area contributed by atoms with E-state index in [1.807, 2.05) is 60.7 Å². The number of amides is 1. The number of nitrogens with zero attached hydrogens (tertiary/aromatic N) is 1. The van der Waals surface area contributed by atoms with Crippen LogP contribution in [0.5, 0.6) is 0 Å². The highest BCUT2D eigenvalue weighted by Crippen LogP contribution is 2.24. The molecule has 3 rings (SSSR count). The van der Waals surface area contributed by atoms with Gasteiger partial charge >= 0.3 is 0 Å². The Kier molecular flexibility index (Phi) is 4.96. The Balaban J connectivity index is 1.65. The Bertz CT molecular complexity index is 852. The van der Waals surface area contributed by atoms with Gasteiger partial charge < -0.3 is 10.6 Å². The van der Waals surface area contributed by atoms with Crippen molar-refractivity contribution < 1.29 is 4.79 Å². The zero-order valence-corrected chi connectivity index (χ0v) is 14.0. The van der Waals surface area contributed by atoms with Crippen LogP contribution in [-0.2, 0) is 11.3 Å². The Labute approximate surface area is 145 Å². The van der Waals surface area contributed by atoms with Gasteiger partial charge in [-0.25, -0.2) is 4.98 Å². The van der Waals surface area contributed by atoms with Gasteiger partial charge in [0.05, 0.1) is 0 Å². The number of halogens is 1. The topological polar surface area (TPSA) is 54.0 Å². The molecular weight excluding hydrogens is 322 g/mol. The van der Waals surface area contributed by atoms with E-state index >= 15 is 0 Å². The number of rotatable bonds is 5. The molecule has 1 heterocycles. The molecule has 0 aliphatic heterocycles. The average molecular weight is 340 g/mol. The first-order valence-corrected chi connectivity index (χ1v) is 8.15. The van der Waals surface area contributed by atoms with Gasteiger partial charge in [0.1, 0.15) is 17.0 Å². The fourth-order valence-corrected chi connectivity index (χ4v) is 2.72. The number of hydrogen-bond donors (Lipinski definition) is 2. The maximum Gasteiger partial charge on any atom is 0.242 e. The predicted molar refractivity (Wildman–Crippen MR) is 98.1 cm³/mol. The number of carbonyl (C=O) groups is 1. The largest absolute Gasteiger partial charge is 0.359 e. The molecule has 1 aromatic heterocycles. The van der Waals surface area contributed by atoms with Crippen molar-refractivity contribution in [3.05, 3.63) is 71.4 Å². The summed E-state index contributed by atoms with van der Waals surface area (Å²) in [4.78, 5) is 16.6. The van der Waals surface area contributed by atoms with Crippen molar-refractivity contribution in [2.45, 2.75) is 19.5 Å². The van der Waals surface area contributed by atoms with Crippen LogP contribution in [0, 0.1) is 0 Å². The molecule has 0 bridgehead atoms. The van der Waals surface area contributed by atoms with E-state index in [2.05, 4.69) is 15.6 Å². The highest BCUT2D eigenvalue weighted by atomic mass is 35.5. The smallest absolute Gasteiger partial charge is 0.242 e. The molecule has 24 heavy (non-hydrogen) atoms. The van der Waals surface area contributed by atoms with E-state index in [1.165, 1.54) is 0 Å². The molecule has 1 amide bonds. The number of pyridine rings is 1. The summed E-state index contributed by atoms with van der Waals surface area (Å²) in [6.07, 6.45) is 0. The molecule has 0 saturated heterocycles. The standard InChI is InChI=1S/C19H18ClN3O/c1-13(19(24)21-12-14-7-3-2-4-8-14)22-17-11-15-9-5-6-10-16(15)18(20)23-17/h2-11,13H,12H2,1H3,(H,21,24)(H,22,23). The van der Waals surface area contributed by atoms with E-state index in [-0.39, 0.29) is 5.91 Å². The summed E-state index contributed by atoms with van der Waals surface area (Å²) in [7, 11) is 0. The maximum absolute atomic E-state index is 12.2. The maximum atomic E-state index is 12.2. The van der Waals surface area contributed by atoms with Crippen LogP contribution in [0.1, 0.15) is 12.5 Å². The predicted octanol–water partition coefficient (Wildman–Crippen LogP) is 4.01. The van der Waals surface area contributed by atoms with E-state index in [0.29, 0.717) is 17.5 Å². The second-order valence-electron chi connectivity index (χ2n) is 5.59. The zero-order chi connectivity index (χ0) is 16.9. The lowest BCUT2D eigenvalue weighted by Gasteiger charge is -2.15. The highest BCUT2D eigenvalue weighted by molar-refractivity contribution is 6.34. The summed E-state index contributed by atoms with van der Waals surface area (Å²) in [5, 5.41) is 8.31. The van der Waals surface area contributed by atoms with Gasteiger partial charge in [0.25, 0.3) is 0 Å². The molecule has 2 aromatic carbocycles. The highest BCUT2D eigenvalue weighted by Gasteiger charge is 2.14. The Hall–Kier alpha value is -2.59. The minimum Gasteiger partial charge on any atom is -0.359 e. The van der Waals surface area contributed by atoms with E-state index in [9.17, 15) is 4.79 Å². The number of benzene rings is 2. The van der Waals surface area contributed by atoms with E-state index in [0.717, 1.165) is 16.3 Å². The molecule has 0 radical (unpaired) electrons. The number of anilines is 1. The fraction of sp³-hybridized carbons (Fsp3) is 0.158. The van der Waals surface area contributed by atoms with Gasteiger partial charge in [0.2, 0.25) is 5.91 Å². The number of aromatic nitrogens is 1. The molecule has 4 nitrogen and oxygen atoms in total. The fourth-order valence-electron chi connectivity index (χ4n) is 2.46. The molecule has 0 fully saturated rings. The summed E-state index contributed by atoms with van der Waals surface area (Å²) in [5.74, 6) is 0.492. The normalized spacial score (nSPS) is 11.9. The number of carbonyl (C=O) groups excluding carboxylic acids is 1. The van der Waals surface area contributed by atoms with Crippen LogP contribution >= 0.6 is 11.6 Å². The second kappa shape index (κ2) is 7.32. The Morgan fingerprint density at radius 3 is 2.62 bits per heavy atom. The molecule has 0 saturated carbocycles. The van der Waals surface area contributed by atoms with Gasteiger partial charge in [-0.3, -0.25) is 4.79 Å². The number of nitrogens with one attached hydrogen (secondary N) is 2. The van der Waals surface area contributed by atoms with Crippen molar-refractivity contribution in [2.75, 3.05) is 5.32 Å². The SMILES string of the molecule is CC(Nc1cc2ccccc2c(Cl)n1)C(=O)NCc1ccccc1. The van der Waals surface area contributed by atoms with Gasteiger partial charge in [-0.1, -0.05) is 66.2 Å². The van der Waals surface area contributed by atoms with Gasteiger partial charge in [-0.05, 0) is 23.9 Å². The molecule has 1 atom stereocenters. The van der Waals surface area contributed by atoms with Gasteiger partial charge in [-0.15, -0.1) is 0 Å². The lowest BCUT2D eigenvalue weighted by Crippen LogP contribution is -2.37. The van der Waals surface area contributed by atoms with E-state index < -0.39 is 6.04 Å². The monoisotopic (exact) mass is 339 g/mol. The number of fused-ring (bicyclic) bond motifs is 1. The van der Waals surface area contributed by atoms with Crippen LogP contribution in [0.2, 0.25) is 5.15 Å². The second-order valence-corrected chi connectivity index (χ2v) is 5.95. The molecular formula is C19H18ClN3O. The van der Waals surface area contributed by atoms with E-state index in [4.69, 9.17) is 11.6 Å². The first kappa shape index (κ1) is 16.3. The number of hydrogen-bond acceptors (Lipinski definition) is 3. The lowest BCUT2D eigenvalue weighted by atomic mass is 10.2. The molecule has 5 heteroatoms. The summed E-state index contributed by atoms with van der Waals surface area (Å²) in [5.41, 5.74) is 1.06. The average Bonchev–Trinajstić information content (AvgIpc) is 2.60. The zero-order valence-electron chi connectivity index (χ0n) is 13.3.